The summed E-state index contributed by atoms with van der Waals surface area (Å²) < 4.78 is 0. The molecular formula is C18H27N3O2. The molecule has 5 heteroatoms. The van der Waals surface area contributed by atoms with Gasteiger partial charge in [0.2, 0.25) is 0 Å². The number of carbonyl (C=O) groups is 1. The summed E-state index contributed by atoms with van der Waals surface area (Å²) in [5.41, 5.74) is 8.65. The summed E-state index contributed by atoms with van der Waals surface area (Å²) in [6.45, 7) is 2.45. The van der Waals surface area contributed by atoms with Gasteiger partial charge in [-0.1, -0.05) is 31.4 Å². The maximum Gasteiger partial charge on any atom is 0.338 e. The lowest BCUT2D eigenvalue weighted by Crippen LogP contribution is -2.35. The fourth-order valence-corrected chi connectivity index (χ4v) is 3.95. The third-order valence-electron chi connectivity index (χ3n) is 5.15. The van der Waals surface area contributed by atoms with Crippen LogP contribution in [0.3, 0.4) is 0 Å². The number of rotatable bonds is 4. The van der Waals surface area contributed by atoms with Crippen molar-refractivity contribution in [1.29, 1.82) is 0 Å². The molecule has 2 aliphatic rings. The van der Waals surface area contributed by atoms with Gasteiger partial charge in [-0.25, -0.2) is 9.86 Å². The number of nitrogens with zero attached hydrogens (tertiary/aromatic N) is 2. The highest BCUT2D eigenvalue weighted by Gasteiger charge is 2.22. The first-order valence-electron chi connectivity index (χ1n) is 8.76. The van der Waals surface area contributed by atoms with E-state index in [9.17, 15) is 10.0 Å². The second kappa shape index (κ2) is 7.21. The van der Waals surface area contributed by atoms with Gasteiger partial charge in [-0.15, -0.1) is 0 Å². The van der Waals surface area contributed by atoms with Crippen molar-refractivity contribution in [3.63, 3.8) is 0 Å². The molecule has 0 atom stereocenters. The minimum atomic E-state index is -0.818. The monoisotopic (exact) mass is 317 g/mol. The van der Waals surface area contributed by atoms with Gasteiger partial charge in [-0.05, 0) is 48.8 Å². The molecule has 3 rings (SSSR count). The minimum absolute atomic E-state index is 0.144. The van der Waals surface area contributed by atoms with Gasteiger partial charge in [0, 0.05) is 18.8 Å². The van der Waals surface area contributed by atoms with Crippen molar-refractivity contribution in [2.24, 2.45) is 11.7 Å². The normalized spacial score (nSPS) is 18.6. The first-order valence-corrected chi connectivity index (χ1v) is 8.76. The van der Waals surface area contributed by atoms with Crippen LogP contribution in [0.1, 0.15) is 49.7 Å². The number of urea groups is 1. The van der Waals surface area contributed by atoms with E-state index < -0.39 is 6.03 Å². The molecule has 1 aromatic rings. The third-order valence-corrected chi connectivity index (χ3v) is 5.15. The van der Waals surface area contributed by atoms with E-state index in [0.29, 0.717) is 5.06 Å². The van der Waals surface area contributed by atoms with Crippen molar-refractivity contribution >= 4 is 11.7 Å². The Labute approximate surface area is 138 Å². The fourth-order valence-electron chi connectivity index (χ4n) is 3.95. The first kappa shape index (κ1) is 16.1. The van der Waals surface area contributed by atoms with E-state index in [-0.39, 0.29) is 6.54 Å². The standard InChI is InChI=1S/C18H27N3O2/c19-18(22)21(23)13-15-8-9-17-16(11-15)7-4-10-20(17)12-14-5-2-1-3-6-14/h8-9,11,14,23H,1-7,10,12-13H2,(H2,19,22). The van der Waals surface area contributed by atoms with E-state index in [1.165, 1.54) is 56.3 Å². The lowest BCUT2D eigenvalue weighted by atomic mass is 9.88. The largest absolute Gasteiger partial charge is 0.371 e. The summed E-state index contributed by atoms with van der Waals surface area (Å²) in [7, 11) is 0. The van der Waals surface area contributed by atoms with Gasteiger partial charge < -0.3 is 10.6 Å². The molecule has 1 aliphatic heterocycles. The van der Waals surface area contributed by atoms with Crippen LogP contribution >= 0.6 is 0 Å². The van der Waals surface area contributed by atoms with Crippen LogP contribution < -0.4 is 10.6 Å². The maximum absolute atomic E-state index is 11.0. The molecule has 2 amide bonds. The zero-order valence-corrected chi connectivity index (χ0v) is 13.7. The van der Waals surface area contributed by atoms with E-state index in [1.807, 2.05) is 6.07 Å². The molecule has 126 valence electrons. The Bertz CT molecular complexity index is 555. The minimum Gasteiger partial charge on any atom is -0.371 e. The Kier molecular flexibility index (Phi) is 5.06. The first-order chi connectivity index (χ1) is 11.1. The number of primary amides is 1. The van der Waals surface area contributed by atoms with Crippen LogP contribution in [-0.4, -0.2) is 29.4 Å². The molecule has 0 bridgehead atoms. The number of hydrogen-bond donors (Lipinski definition) is 2. The zero-order chi connectivity index (χ0) is 16.2. The van der Waals surface area contributed by atoms with E-state index in [0.717, 1.165) is 24.4 Å². The second-order valence-electron chi connectivity index (χ2n) is 6.91. The smallest absolute Gasteiger partial charge is 0.338 e. The van der Waals surface area contributed by atoms with Crippen molar-refractivity contribution in [3.05, 3.63) is 29.3 Å². The molecule has 3 N–H and O–H groups in total. The van der Waals surface area contributed by atoms with Crippen LogP contribution in [0.15, 0.2) is 18.2 Å². The van der Waals surface area contributed by atoms with Crippen LogP contribution in [0.5, 0.6) is 0 Å². The highest BCUT2D eigenvalue weighted by atomic mass is 16.5. The molecule has 0 spiro atoms. The molecule has 1 aromatic carbocycles. The second-order valence-corrected chi connectivity index (χ2v) is 6.91. The van der Waals surface area contributed by atoms with E-state index in [1.54, 1.807) is 0 Å². The van der Waals surface area contributed by atoms with Crippen LogP contribution in [0.25, 0.3) is 0 Å². The number of hydrogen-bond acceptors (Lipinski definition) is 3. The Morgan fingerprint density at radius 1 is 1.26 bits per heavy atom. The highest BCUT2D eigenvalue weighted by molar-refractivity contribution is 5.70. The van der Waals surface area contributed by atoms with Crippen molar-refractivity contribution in [3.8, 4) is 0 Å². The Morgan fingerprint density at radius 2 is 2.04 bits per heavy atom. The lowest BCUT2D eigenvalue weighted by Gasteiger charge is -2.35. The maximum atomic E-state index is 11.0. The highest BCUT2D eigenvalue weighted by Crippen LogP contribution is 2.32. The van der Waals surface area contributed by atoms with Crippen LogP contribution in [-0.2, 0) is 13.0 Å². The summed E-state index contributed by atoms with van der Waals surface area (Å²) in [5.74, 6) is 0.831. The van der Waals surface area contributed by atoms with Crippen molar-refractivity contribution < 1.29 is 10.0 Å². The van der Waals surface area contributed by atoms with E-state index >= 15 is 0 Å². The molecule has 5 nitrogen and oxygen atoms in total. The van der Waals surface area contributed by atoms with Crippen molar-refractivity contribution in [2.75, 3.05) is 18.0 Å². The predicted molar refractivity (Wildman–Crippen MR) is 90.5 cm³/mol. The van der Waals surface area contributed by atoms with Gasteiger partial charge >= 0.3 is 6.03 Å². The topological polar surface area (TPSA) is 69.8 Å². The van der Waals surface area contributed by atoms with Gasteiger partial charge in [0.05, 0.1) is 6.54 Å². The average molecular weight is 317 g/mol. The molecule has 23 heavy (non-hydrogen) atoms. The van der Waals surface area contributed by atoms with Crippen LogP contribution in [0, 0.1) is 5.92 Å². The number of benzene rings is 1. The quantitative estimate of drug-likeness (QED) is 0.661. The van der Waals surface area contributed by atoms with Crippen LogP contribution in [0.2, 0.25) is 0 Å². The van der Waals surface area contributed by atoms with Crippen LogP contribution in [0.4, 0.5) is 10.5 Å². The number of hydroxylamine groups is 2. The summed E-state index contributed by atoms with van der Waals surface area (Å²) in [6.07, 6.45) is 9.11. The number of amides is 2. The van der Waals surface area contributed by atoms with Gasteiger partial charge in [0.15, 0.2) is 0 Å². The Hall–Kier alpha value is -1.75. The number of fused-ring (bicyclic) bond motifs is 1. The van der Waals surface area contributed by atoms with Gasteiger partial charge in [-0.3, -0.25) is 5.21 Å². The van der Waals surface area contributed by atoms with E-state index in [2.05, 4.69) is 17.0 Å². The summed E-state index contributed by atoms with van der Waals surface area (Å²) in [4.78, 5) is 13.5. The number of aryl methyl sites for hydroxylation is 1. The number of nitrogens with two attached hydrogens (primary N) is 1. The summed E-state index contributed by atoms with van der Waals surface area (Å²) in [6, 6.07) is 5.42. The van der Waals surface area contributed by atoms with Crippen molar-refractivity contribution in [2.45, 2.75) is 51.5 Å². The van der Waals surface area contributed by atoms with Crippen molar-refractivity contribution in [1.82, 2.24) is 5.06 Å². The number of carbonyl (C=O) groups excluding carboxylic acids is 1. The molecule has 1 fully saturated rings. The van der Waals surface area contributed by atoms with E-state index in [4.69, 9.17) is 5.73 Å². The van der Waals surface area contributed by atoms with Gasteiger partial charge in [0.25, 0.3) is 0 Å². The Balaban J connectivity index is 1.70. The molecule has 0 radical (unpaired) electrons. The van der Waals surface area contributed by atoms with Gasteiger partial charge in [0.1, 0.15) is 0 Å². The third kappa shape index (κ3) is 3.96. The molecule has 1 heterocycles. The average Bonchev–Trinajstić information content (AvgIpc) is 2.56. The SMILES string of the molecule is NC(=O)N(O)Cc1ccc2c(c1)CCCN2CC1CCCCC1. The molecule has 0 aromatic heterocycles. The lowest BCUT2D eigenvalue weighted by molar-refractivity contribution is -0.0470. The fraction of sp³-hybridized carbons (Fsp3) is 0.611. The predicted octanol–water partition coefficient (Wildman–Crippen LogP) is 3.29. The van der Waals surface area contributed by atoms with Gasteiger partial charge in [-0.2, -0.15) is 0 Å². The molecular weight excluding hydrogens is 290 g/mol. The molecule has 1 aliphatic carbocycles. The zero-order valence-electron chi connectivity index (χ0n) is 13.7. The molecule has 1 saturated carbocycles. The molecule has 0 unspecified atom stereocenters. The summed E-state index contributed by atoms with van der Waals surface area (Å²) in [5, 5.41) is 10.1. The Morgan fingerprint density at radius 3 is 2.78 bits per heavy atom. The number of anilines is 1. The molecule has 0 saturated heterocycles. The summed E-state index contributed by atoms with van der Waals surface area (Å²) >= 11 is 0.